The van der Waals surface area contributed by atoms with Crippen molar-refractivity contribution >= 4 is 17.7 Å². The first-order chi connectivity index (χ1) is 15.1. The molecule has 4 rings (SSSR count). The van der Waals surface area contributed by atoms with Crippen molar-refractivity contribution in [3.63, 3.8) is 0 Å². The first kappa shape index (κ1) is 21.5. The normalized spacial score (nSPS) is 15.0. The first-order valence-corrected chi connectivity index (χ1v) is 10.7. The van der Waals surface area contributed by atoms with E-state index in [1.165, 1.54) is 25.3 Å². The lowest BCUT2D eigenvalue weighted by atomic mass is 9.97. The van der Waals surface area contributed by atoms with E-state index in [4.69, 9.17) is 4.74 Å². The fourth-order valence-electron chi connectivity index (χ4n) is 3.62. The molecular weight excluding hydrogens is 418 g/mol. The molecule has 0 saturated heterocycles. The lowest BCUT2D eigenvalue weighted by Gasteiger charge is -2.20. The van der Waals surface area contributed by atoms with Gasteiger partial charge in [0.15, 0.2) is 0 Å². The van der Waals surface area contributed by atoms with Crippen LogP contribution in [0.5, 0.6) is 0 Å². The largest absolute Gasteiger partial charge is 0.364 e. The van der Waals surface area contributed by atoms with Gasteiger partial charge in [-0.15, -0.1) is 0 Å². The standard InChI is InChI=1S/C24H22F2N2O2S/c1-30-14-28-24(29)16-10-9-15-11-21(27-13-18-19(25)6-4-7-20(18)26)17-5-2-3-8-22(17)31-23(15)12-16/h2-10,12,21,27H,11,13-14H2,1H3,(H,28,29). The molecule has 1 heterocycles. The maximum absolute atomic E-state index is 14.1. The highest BCUT2D eigenvalue weighted by Gasteiger charge is 2.24. The van der Waals surface area contributed by atoms with E-state index >= 15 is 0 Å². The van der Waals surface area contributed by atoms with E-state index in [0.717, 1.165) is 20.9 Å². The number of rotatable bonds is 6. The van der Waals surface area contributed by atoms with E-state index in [-0.39, 0.29) is 30.8 Å². The summed E-state index contributed by atoms with van der Waals surface area (Å²) in [6, 6.07) is 17.3. The number of carbonyl (C=O) groups is 1. The molecule has 1 amide bonds. The smallest absolute Gasteiger partial charge is 0.253 e. The molecule has 0 aromatic heterocycles. The van der Waals surface area contributed by atoms with E-state index in [1.54, 1.807) is 17.8 Å². The van der Waals surface area contributed by atoms with E-state index in [1.807, 2.05) is 36.4 Å². The summed E-state index contributed by atoms with van der Waals surface area (Å²) >= 11 is 1.59. The number of amides is 1. The van der Waals surface area contributed by atoms with Crippen LogP contribution in [0.3, 0.4) is 0 Å². The number of hydrogen-bond acceptors (Lipinski definition) is 4. The van der Waals surface area contributed by atoms with Gasteiger partial charge in [-0.05, 0) is 47.9 Å². The van der Waals surface area contributed by atoms with Gasteiger partial charge in [0.05, 0.1) is 0 Å². The molecule has 2 N–H and O–H groups in total. The van der Waals surface area contributed by atoms with Gasteiger partial charge in [-0.2, -0.15) is 0 Å². The van der Waals surface area contributed by atoms with Crippen LogP contribution >= 0.6 is 11.8 Å². The molecule has 31 heavy (non-hydrogen) atoms. The van der Waals surface area contributed by atoms with Crippen LogP contribution in [0, 0.1) is 11.6 Å². The molecule has 1 unspecified atom stereocenters. The average molecular weight is 441 g/mol. The first-order valence-electron chi connectivity index (χ1n) is 9.90. The lowest BCUT2D eigenvalue weighted by Crippen LogP contribution is -2.25. The Morgan fingerprint density at radius 3 is 2.61 bits per heavy atom. The number of ether oxygens (including phenoxy) is 1. The molecule has 3 aromatic rings. The number of hydrogen-bond donors (Lipinski definition) is 2. The van der Waals surface area contributed by atoms with Gasteiger partial charge < -0.3 is 15.4 Å². The molecule has 0 radical (unpaired) electrons. The third-order valence-corrected chi connectivity index (χ3v) is 6.42. The van der Waals surface area contributed by atoms with Crippen LogP contribution < -0.4 is 10.6 Å². The molecular formula is C24H22F2N2O2S. The number of benzene rings is 3. The van der Waals surface area contributed by atoms with Crippen LogP contribution in [0.2, 0.25) is 0 Å². The second kappa shape index (κ2) is 9.60. The zero-order valence-corrected chi connectivity index (χ0v) is 17.8. The number of carbonyl (C=O) groups excluding carboxylic acids is 1. The van der Waals surface area contributed by atoms with Crippen LogP contribution in [0.4, 0.5) is 8.78 Å². The second-order valence-corrected chi connectivity index (χ2v) is 8.32. The van der Waals surface area contributed by atoms with Gasteiger partial charge in [-0.3, -0.25) is 4.79 Å². The summed E-state index contributed by atoms with van der Waals surface area (Å²) in [6.07, 6.45) is 0.634. The van der Waals surface area contributed by atoms with Crippen molar-refractivity contribution in [2.45, 2.75) is 28.8 Å². The Kier molecular flexibility index (Phi) is 6.65. The summed E-state index contributed by atoms with van der Waals surface area (Å²) in [4.78, 5) is 14.4. The quantitative estimate of drug-likeness (QED) is 0.539. The molecule has 1 atom stereocenters. The van der Waals surface area contributed by atoms with Gasteiger partial charge >= 0.3 is 0 Å². The molecule has 1 aliphatic heterocycles. The lowest BCUT2D eigenvalue weighted by molar-refractivity contribution is 0.0872. The molecule has 0 spiro atoms. The number of fused-ring (bicyclic) bond motifs is 2. The Labute approximate surface area is 184 Å². The monoisotopic (exact) mass is 440 g/mol. The van der Waals surface area contributed by atoms with E-state index in [0.29, 0.717) is 12.0 Å². The van der Waals surface area contributed by atoms with Gasteiger partial charge in [0.2, 0.25) is 0 Å². The molecule has 3 aromatic carbocycles. The highest BCUT2D eigenvalue weighted by molar-refractivity contribution is 7.99. The topological polar surface area (TPSA) is 50.4 Å². The predicted molar refractivity (Wildman–Crippen MR) is 116 cm³/mol. The fourth-order valence-corrected chi connectivity index (χ4v) is 4.80. The summed E-state index contributed by atoms with van der Waals surface area (Å²) in [7, 11) is 1.52. The zero-order chi connectivity index (χ0) is 21.8. The molecule has 0 aliphatic carbocycles. The van der Waals surface area contributed by atoms with Crippen molar-refractivity contribution in [3.05, 3.63) is 94.6 Å². The van der Waals surface area contributed by atoms with E-state index in [2.05, 4.69) is 10.6 Å². The van der Waals surface area contributed by atoms with Crippen LogP contribution in [-0.4, -0.2) is 19.7 Å². The highest BCUT2D eigenvalue weighted by atomic mass is 32.2. The van der Waals surface area contributed by atoms with Gasteiger partial charge in [0.25, 0.3) is 5.91 Å². The van der Waals surface area contributed by atoms with E-state index < -0.39 is 11.6 Å². The Hall–Kier alpha value is -2.74. The molecule has 4 nitrogen and oxygen atoms in total. The Morgan fingerprint density at radius 1 is 1.06 bits per heavy atom. The third-order valence-electron chi connectivity index (χ3n) is 5.23. The summed E-state index contributed by atoms with van der Waals surface area (Å²) < 4.78 is 33.1. The SMILES string of the molecule is COCNC(=O)c1ccc2c(c1)Sc1ccccc1C(NCc1c(F)cccc1F)C2. The Balaban J connectivity index is 1.62. The minimum Gasteiger partial charge on any atom is -0.364 e. The maximum Gasteiger partial charge on any atom is 0.253 e. The van der Waals surface area contributed by atoms with Crippen molar-refractivity contribution in [1.82, 2.24) is 10.6 Å². The van der Waals surface area contributed by atoms with Crippen molar-refractivity contribution < 1.29 is 18.3 Å². The van der Waals surface area contributed by atoms with Gasteiger partial charge in [0.1, 0.15) is 18.4 Å². The van der Waals surface area contributed by atoms with Gasteiger partial charge in [-0.1, -0.05) is 42.1 Å². The summed E-state index contributed by atoms with van der Waals surface area (Å²) in [6.45, 7) is 0.222. The van der Waals surface area contributed by atoms with Gasteiger partial charge in [-0.25, -0.2) is 8.78 Å². The van der Waals surface area contributed by atoms with Crippen molar-refractivity contribution in [2.75, 3.05) is 13.8 Å². The zero-order valence-electron chi connectivity index (χ0n) is 17.0. The van der Waals surface area contributed by atoms with Gasteiger partial charge in [0, 0.05) is 40.6 Å². The van der Waals surface area contributed by atoms with Crippen molar-refractivity contribution in [1.29, 1.82) is 0 Å². The average Bonchev–Trinajstić information content (AvgIpc) is 2.93. The van der Waals surface area contributed by atoms with E-state index in [9.17, 15) is 13.6 Å². The number of halogens is 2. The van der Waals surface area contributed by atoms with Crippen molar-refractivity contribution in [3.8, 4) is 0 Å². The number of methoxy groups -OCH3 is 1. The maximum atomic E-state index is 14.1. The highest BCUT2D eigenvalue weighted by Crippen LogP contribution is 2.41. The minimum absolute atomic E-state index is 0.0299. The molecule has 160 valence electrons. The molecule has 0 fully saturated rings. The summed E-state index contributed by atoms with van der Waals surface area (Å²) in [5.74, 6) is -1.32. The van der Waals surface area contributed by atoms with Crippen molar-refractivity contribution in [2.24, 2.45) is 0 Å². The van der Waals surface area contributed by atoms with Crippen LogP contribution in [0.15, 0.2) is 70.5 Å². The summed E-state index contributed by atoms with van der Waals surface area (Å²) in [5, 5.41) is 6.03. The summed E-state index contributed by atoms with van der Waals surface area (Å²) in [5.41, 5.74) is 2.71. The fraction of sp³-hybridized carbons (Fsp3) is 0.208. The second-order valence-electron chi connectivity index (χ2n) is 7.24. The molecule has 0 bridgehead atoms. The van der Waals surface area contributed by atoms with Crippen LogP contribution in [0.25, 0.3) is 0 Å². The van der Waals surface area contributed by atoms with Crippen LogP contribution in [0.1, 0.15) is 33.1 Å². The molecule has 1 aliphatic rings. The van der Waals surface area contributed by atoms with Crippen LogP contribution in [-0.2, 0) is 17.7 Å². The third kappa shape index (κ3) is 4.79. The molecule has 0 saturated carbocycles. The Bertz CT molecular complexity index is 1090. The Morgan fingerprint density at radius 2 is 1.84 bits per heavy atom. The number of nitrogens with one attached hydrogen (secondary N) is 2. The predicted octanol–water partition coefficient (Wildman–Crippen LogP) is 4.84. The minimum atomic E-state index is -0.559. The molecule has 7 heteroatoms.